The lowest BCUT2D eigenvalue weighted by Gasteiger charge is -1.96. The summed E-state index contributed by atoms with van der Waals surface area (Å²) in [4.78, 5) is 21.3. The van der Waals surface area contributed by atoms with Crippen LogP contribution in [0.15, 0.2) is 17.2 Å². The minimum atomic E-state index is -0.330. The molecular weight excluding hydrogens is 213 g/mol. The molecule has 0 saturated carbocycles. The molecule has 6 heteroatoms. The summed E-state index contributed by atoms with van der Waals surface area (Å²) in [6, 6.07) is 1.50. The van der Waals surface area contributed by atoms with Crippen LogP contribution in [0, 0.1) is 0 Å². The molecule has 2 aromatic heterocycles. The molecule has 4 nitrogen and oxygen atoms in total. The Morgan fingerprint density at radius 2 is 2.15 bits per heavy atom. The van der Waals surface area contributed by atoms with Crippen LogP contribution in [-0.2, 0) is 0 Å². The molecule has 0 radical (unpaired) electrons. The van der Waals surface area contributed by atoms with Crippen molar-refractivity contribution in [1.29, 1.82) is 0 Å². The Balaban J connectivity index is 2.97. The van der Waals surface area contributed by atoms with E-state index < -0.39 is 0 Å². The fourth-order valence-electron chi connectivity index (χ4n) is 0.951. The van der Waals surface area contributed by atoms with Crippen molar-refractivity contribution in [3.63, 3.8) is 0 Å². The number of H-pyrrole nitrogens is 1. The fourth-order valence-corrected chi connectivity index (χ4v) is 1.24. The molecular formula is C7H3Cl2N3O. The molecule has 0 atom stereocenters. The average Bonchev–Trinajstić information content (AvgIpc) is 2.09. The zero-order valence-electron chi connectivity index (χ0n) is 6.21. The third-order valence-electron chi connectivity index (χ3n) is 1.53. The topological polar surface area (TPSA) is 58.6 Å². The molecule has 0 unspecified atom stereocenters. The first kappa shape index (κ1) is 8.47. The van der Waals surface area contributed by atoms with Crippen LogP contribution in [0.4, 0.5) is 0 Å². The molecule has 0 amide bonds. The Hall–Kier alpha value is -1.13. The van der Waals surface area contributed by atoms with E-state index in [1.54, 1.807) is 0 Å². The van der Waals surface area contributed by atoms with Gasteiger partial charge in [-0.05, 0) is 6.07 Å². The molecule has 0 bridgehead atoms. The first-order chi connectivity index (χ1) is 6.18. The van der Waals surface area contributed by atoms with E-state index in [1.807, 2.05) is 0 Å². The predicted octanol–water partition coefficient (Wildman–Crippen LogP) is 1.62. The van der Waals surface area contributed by atoms with Crippen molar-refractivity contribution in [3.05, 3.63) is 32.9 Å². The van der Waals surface area contributed by atoms with Gasteiger partial charge in [0.1, 0.15) is 5.15 Å². The number of pyridine rings is 1. The van der Waals surface area contributed by atoms with Crippen LogP contribution in [0.5, 0.6) is 0 Å². The lowest BCUT2D eigenvalue weighted by Crippen LogP contribution is -2.08. The van der Waals surface area contributed by atoms with Crippen molar-refractivity contribution in [2.45, 2.75) is 0 Å². The summed E-state index contributed by atoms with van der Waals surface area (Å²) in [7, 11) is 0. The zero-order valence-corrected chi connectivity index (χ0v) is 7.73. The predicted molar refractivity (Wildman–Crippen MR) is 50.2 cm³/mol. The van der Waals surface area contributed by atoms with Gasteiger partial charge in [-0.2, -0.15) is 0 Å². The number of halogens is 2. The summed E-state index contributed by atoms with van der Waals surface area (Å²) in [5, 5.41) is 0.389. The van der Waals surface area contributed by atoms with E-state index >= 15 is 0 Å². The van der Waals surface area contributed by atoms with Gasteiger partial charge in [0.25, 0.3) is 5.56 Å². The maximum absolute atomic E-state index is 11.2. The van der Waals surface area contributed by atoms with Crippen molar-refractivity contribution in [2.75, 3.05) is 0 Å². The molecule has 0 aliphatic carbocycles. The molecule has 0 aromatic carbocycles. The highest BCUT2D eigenvalue weighted by Gasteiger charge is 2.05. The van der Waals surface area contributed by atoms with Gasteiger partial charge in [0.05, 0.1) is 16.9 Å². The molecule has 0 saturated heterocycles. The fraction of sp³-hybridized carbons (Fsp3) is 0. The van der Waals surface area contributed by atoms with E-state index in [9.17, 15) is 4.79 Å². The number of rotatable bonds is 0. The minimum absolute atomic E-state index is 0.104. The highest BCUT2D eigenvalue weighted by Crippen LogP contribution is 2.21. The second-order valence-electron chi connectivity index (χ2n) is 2.36. The quantitative estimate of drug-likeness (QED) is 0.680. The third kappa shape index (κ3) is 1.38. The smallest absolute Gasteiger partial charge is 0.277 e. The summed E-state index contributed by atoms with van der Waals surface area (Å²) >= 11 is 11.3. The van der Waals surface area contributed by atoms with Crippen LogP contribution < -0.4 is 5.56 Å². The third-order valence-corrected chi connectivity index (χ3v) is 2.20. The molecule has 13 heavy (non-hydrogen) atoms. The van der Waals surface area contributed by atoms with Gasteiger partial charge < -0.3 is 4.98 Å². The first-order valence-corrected chi connectivity index (χ1v) is 4.13. The van der Waals surface area contributed by atoms with Crippen molar-refractivity contribution < 1.29 is 0 Å². The average molecular weight is 216 g/mol. The highest BCUT2D eigenvalue weighted by molar-refractivity contribution is 6.41. The number of fused-ring (bicyclic) bond motifs is 1. The van der Waals surface area contributed by atoms with Gasteiger partial charge in [0.15, 0.2) is 5.52 Å². The van der Waals surface area contributed by atoms with E-state index in [2.05, 4.69) is 15.0 Å². The number of hydrogen-bond acceptors (Lipinski definition) is 3. The lowest BCUT2D eigenvalue weighted by atomic mass is 10.4. The largest absolute Gasteiger partial charge is 0.311 e. The van der Waals surface area contributed by atoms with Crippen LogP contribution in [0.2, 0.25) is 10.2 Å². The summed E-state index contributed by atoms with van der Waals surface area (Å²) in [6.45, 7) is 0. The monoisotopic (exact) mass is 215 g/mol. The Kier molecular flexibility index (Phi) is 1.94. The molecule has 0 aliphatic rings. The Labute approximate surface area is 82.5 Å². The van der Waals surface area contributed by atoms with E-state index in [0.717, 1.165) is 0 Å². The minimum Gasteiger partial charge on any atom is -0.311 e. The van der Waals surface area contributed by atoms with Crippen LogP contribution >= 0.6 is 23.2 Å². The number of nitrogens with one attached hydrogen (secondary N) is 1. The summed E-state index contributed by atoms with van der Waals surface area (Å²) < 4.78 is 0. The SMILES string of the molecule is O=c1[nH]cnc2cc(Cl)c(Cl)nc12. The van der Waals surface area contributed by atoms with E-state index in [1.165, 1.54) is 12.4 Å². The molecule has 2 aromatic rings. The van der Waals surface area contributed by atoms with Crippen molar-refractivity contribution in [3.8, 4) is 0 Å². The molecule has 0 fully saturated rings. The van der Waals surface area contributed by atoms with Gasteiger partial charge >= 0.3 is 0 Å². The van der Waals surface area contributed by atoms with Crippen LogP contribution in [-0.4, -0.2) is 15.0 Å². The van der Waals surface area contributed by atoms with E-state index in [4.69, 9.17) is 23.2 Å². The van der Waals surface area contributed by atoms with Gasteiger partial charge in [0.2, 0.25) is 0 Å². The highest BCUT2D eigenvalue weighted by atomic mass is 35.5. The van der Waals surface area contributed by atoms with Crippen LogP contribution in [0.25, 0.3) is 11.0 Å². The number of hydrogen-bond donors (Lipinski definition) is 1. The second-order valence-corrected chi connectivity index (χ2v) is 3.13. The van der Waals surface area contributed by atoms with Gasteiger partial charge in [-0.25, -0.2) is 9.97 Å². The van der Waals surface area contributed by atoms with Crippen molar-refractivity contribution in [1.82, 2.24) is 15.0 Å². The van der Waals surface area contributed by atoms with Crippen molar-refractivity contribution >= 4 is 34.2 Å². The summed E-state index contributed by atoms with van der Waals surface area (Å²) in [6.07, 6.45) is 1.29. The molecule has 0 spiro atoms. The zero-order chi connectivity index (χ0) is 9.42. The first-order valence-electron chi connectivity index (χ1n) is 3.38. The Morgan fingerprint density at radius 1 is 1.38 bits per heavy atom. The van der Waals surface area contributed by atoms with Crippen molar-refractivity contribution in [2.24, 2.45) is 0 Å². The van der Waals surface area contributed by atoms with Gasteiger partial charge in [-0.1, -0.05) is 23.2 Å². The Morgan fingerprint density at radius 3 is 2.92 bits per heavy atom. The molecule has 66 valence electrons. The number of nitrogens with zero attached hydrogens (tertiary/aromatic N) is 2. The molecule has 2 rings (SSSR count). The van der Waals surface area contributed by atoms with E-state index in [-0.39, 0.29) is 21.3 Å². The lowest BCUT2D eigenvalue weighted by molar-refractivity contribution is 1.15. The number of aromatic nitrogens is 3. The Bertz CT molecular complexity index is 523. The normalized spacial score (nSPS) is 10.6. The van der Waals surface area contributed by atoms with Crippen LogP contribution in [0.3, 0.4) is 0 Å². The molecule has 0 aliphatic heterocycles. The van der Waals surface area contributed by atoms with Gasteiger partial charge in [0, 0.05) is 0 Å². The van der Waals surface area contributed by atoms with Crippen LogP contribution in [0.1, 0.15) is 0 Å². The summed E-state index contributed by atoms with van der Waals surface area (Å²) in [5.41, 5.74) is 0.290. The van der Waals surface area contributed by atoms with Gasteiger partial charge in [-0.15, -0.1) is 0 Å². The summed E-state index contributed by atoms with van der Waals surface area (Å²) in [5.74, 6) is 0. The van der Waals surface area contributed by atoms with Gasteiger partial charge in [-0.3, -0.25) is 4.79 Å². The maximum Gasteiger partial charge on any atom is 0.277 e. The molecule has 1 N–H and O–H groups in total. The maximum atomic E-state index is 11.2. The standard InChI is InChI=1S/C7H3Cl2N3O/c8-3-1-4-5(12-6(3)9)7(13)11-2-10-4/h1-2H,(H,10,11,13). The number of aromatic amines is 1. The molecule has 2 heterocycles. The van der Waals surface area contributed by atoms with E-state index in [0.29, 0.717) is 5.52 Å². The second kappa shape index (κ2) is 2.97.